The van der Waals surface area contributed by atoms with Crippen LogP contribution in [0.25, 0.3) is 0 Å². The summed E-state index contributed by atoms with van der Waals surface area (Å²) < 4.78 is 5.48. The summed E-state index contributed by atoms with van der Waals surface area (Å²) in [6.07, 6.45) is -0.0830. The second-order valence-electron chi connectivity index (χ2n) is 4.17. The van der Waals surface area contributed by atoms with E-state index in [1.165, 1.54) is 4.90 Å². The molecule has 2 heterocycles. The highest BCUT2D eigenvalue weighted by Gasteiger charge is 2.35. The van der Waals surface area contributed by atoms with Crippen molar-refractivity contribution in [3.8, 4) is 0 Å². The van der Waals surface area contributed by atoms with Crippen LogP contribution in [0.5, 0.6) is 0 Å². The Morgan fingerprint density at radius 1 is 1.31 bits per heavy atom. The fourth-order valence-electron chi connectivity index (χ4n) is 1.92. The Hall–Kier alpha value is -1.20. The van der Waals surface area contributed by atoms with Crippen LogP contribution in [-0.2, 0) is 14.3 Å². The molecule has 2 rings (SSSR count). The van der Waals surface area contributed by atoms with Crippen molar-refractivity contribution in [1.29, 1.82) is 0 Å². The maximum atomic E-state index is 11.8. The Balaban J connectivity index is 2.01. The summed E-state index contributed by atoms with van der Waals surface area (Å²) in [6.45, 7) is 5.88. The molecule has 0 saturated carbocycles. The number of hydrogen-bond acceptors (Lipinski definition) is 4. The SMILES string of the molecule is CC1=C(C)C(=O)N(CC2CNCCO2)C1=O. The molecule has 0 aromatic heterocycles. The number of rotatable bonds is 2. The van der Waals surface area contributed by atoms with Crippen LogP contribution in [0.1, 0.15) is 13.8 Å². The van der Waals surface area contributed by atoms with Gasteiger partial charge < -0.3 is 10.1 Å². The molecular weight excluding hydrogens is 208 g/mol. The molecule has 0 aromatic rings. The molecule has 88 valence electrons. The summed E-state index contributed by atoms with van der Waals surface area (Å²) in [6, 6.07) is 0. The smallest absolute Gasteiger partial charge is 0.256 e. The molecule has 16 heavy (non-hydrogen) atoms. The normalized spacial score (nSPS) is 26.9. The van der Waals surface area contributed by atoms with E-state index in [1.54, 1.807) is 13.8 Å². The lowest BCUT2D eigenvalue weighted by atomic mass is 10.2. The number of carbonyl (C=O) groups is 2. The number of hydrogen-bond donors (Lipinski definition) is 1. The minimum Gasteiger partial charge on any atom is -0.374 e. The van der Waals surface area contributed by atoms with Crippen molar-refractivity contribution >= 4 is 11.8 Å². The second kappa shape index (κ2) is 4.35. The molecule has 0 bridgehead atoms. The molecule has 2 amide bonds. The summed E-state index contributed by atoms with van der Waals surface area (Å²) in [5.41, 5.74) is 1.10. The topological polar surface area (TPSA) is 58.6 Å². The molecule has 0 aliphatic carbocycles. The molecule has 1 saturated heterocycles. The van der Waals surface area contributed by atoms with Crippen molar-refractivity contribution in [2.45, 2.75) is 20.0 Å². The highest BCUT2D eigenvalue weighted by molar-refractivity contribution is 6.18. The van der Waals surface area contributed by atoms with Gasteiger partial charge in [-0.3, -0.25) is 14.5 Å². The van der Waals surface area contributed by atoms with Crippen molar-refractivity contribution in [3.05, 3.63) is 11.1 Å². The van der Waals surface area contributed by atoms with Gasteiger partial charge in [-0.1, -0.05) is 0 Å². The van der Waals surface area contributed by atoms with E-state index in [0.29, 0.717) is 30.8 Å². The first-order chi connectivity index (χ1) is 7.61. The third-order valence-electron chi connectivity index (χ3n) is 3.09. The molecular formula is C11H16N2O3. The van der Waals surface area contributed by atoms with Crippen LogP contribution in [-0.4, -0.2) is 49.1 Å². The van der Waals surface area contributed by atoms with Gasteiger partial charge in [0.15, 0.2) is 0 Å². The van der Waals surface area contributed by atoms with Crippen LogP contribution >= 0.6 is 0 Å². The van der Waals surface area contributed by atoms with Crippen LogP contribution in [0.2, 0.25) is 0 Å². The highest BCUT2D eigenvalue weighted by atomic mass is 16.5. The van der Waals surface area contributed by atoms with Crippen molar-refractivity contribution in [1.82, 2.24) is 10.2 Å². The van der Waals surface area contributed by atoms with E-state index < -0.39 is 0 Å². The number of amides is 2. The highest BCUT2D eigenvalue weighted by Crippen LogP contribution is 2.20. The Morgan fingerprint density at radius 2 is 1.94 bits per heavy atom. The van der Waals surface area contributed by atoms with Gasteiger partial charge in [0.05, 0.1) is 19.3 Å². The van der Waals surface area contributed by atoms with Gasteiger partial charge in [0.1, 0.15) is 0 Å². The van der Waals surface area contributed by atoms with E-state index >= 15 is 0 Å². The van der Waals surface area contributed by atoms with E-state index in [0.717, 1.165) is 6.54 Å². The molecule has 2 aliphatic heterocycles. The van der Waals surface area contributed by atoms with Gasteiger partial charge in [0.25, 0.3) is 11.8 Å². The summed E-state index contributed by atoms with van der Waals surface area (Å²) in [7, 11) is 0. The zero-order valence-electron chi connectivity index (χ0n) is 9.58. The molecule has 1 unspecified atom stereocenters. The minimum atomic E-state index is -0.184. The van der Waals surface area contributed by atoms with Gasteiger partial charge in [-0.05, 0) is 13.8 Å². The number of carbonyl (C=O) groups excluding carboxylic acids is 2. The molecule has 0 aromatic carbocycles. The van der Waals surface area contributed by atoms with Crippen LogP contribution in [0.4, 0.5) is 0 Å². The van der Waals surface area contributed by atoms with Crippen LogP contribution in [0, 0.1) is 0 Å². The predicted octanol–water partition coefficient (Wildman–Crippen LogP) is -0.320. The second-order valence-corrected chi connectivity index (χ2v) is 4.17. The number of imide groups is 1. The average Bonchev–Trinajstić information content (AvgIpc) is 2.48. The Morgan fingerprint density at radius 3 is 2.44 bits per heavy atom. The van der Waals surface area contributed by atoms with Crippen LogP contribution in [0.3, 0.4) is 0 Å². The predicted molar refractivity (Wildman–Crippen MR) is 57.7 cm³/mol. The third kappa shape index (κ3) is 1.88. The fraction of sp³-hybridized carbons (Fsp3) is 0.636. The maximum Gasteiger partial charge on any atom is 0.256 e. The van der Waals surface area contributed by atoms with Crippen LogP contribution < -0.4 is 5.32 Å². The van der Waals surface area contributed by atoms with E-state index in [-0.39, 0.29) is 17.9 Å². The van der Waals surface area contributed by atoms with Gasteiger partial charge in [-0.25, -0.2) is 0 Å². The molecule has 1 fully saturated rings. The van der Waals surface area contributed by atoms with Gasteiger partial charge in [0, 0.05) is 24.2 Å². The Kier molecular flexibility index (Phi) is 3.07. The van der Waals surface area contributed by atoms with Crippen molar-refractivity contribution in [2.24, 2.45) is 0 Å². The minimum absolute atomic E-state index is 0.0830. The number of nitrogens with one attached hydrogen (secondary N) is 1. The summed E-state index contributed by atoms with van der Waals surface area (Å²) in [5.74, 6) is -0.367. The molecule has 2 aliphatic rings. The average molecular weight is 224 g/mol. The van der Waals surface area contributed by atoms with Crippen molar-refractivity contribution in [3.63, 3.8) is 0 Å². The van der Waals surface area contributed by atoms with Gasteiger partial charge in [-0.15, -0.1) is 0 Å². The zero-order chi connectivity index (χ0) is 11.7. The molecule has 5 heteroatoms. The first kappa shape index (κ1) is 11.3. The van der Waals surface area contributed by atoms with Crippen LogP contribution in [0.15, 0.2) is 11.1 Å². The number of nitrogens with zero attached hydrogens (tertiary/aromatic N) is 1. The number of ether oxygens (including phenoxy) is 1. The quantitative estimate of drug-likeness (QED) is 0.653. The lowest BCUT2D eigenvalue weighted by molar-refractivity contribution is -0.140. The molecule has 1 N–H and O–H groups in total. The maximum absolute atomic E-state index is 11.8. The summed E-state index contributed by atoms with van der Waals surface area (Å²) in [5, 5.41) is 3.17. The first-order valence-corrected chi connectivity index (χ1v) is 5.47. The Bertz CT molecular complexity index is 332. The lowest BCUT2D eigenvalue weighted by Crippen LogP contribution is -2.47. The van der Waals surface area contributed by atoms with Gasteiger partial charge >= 0.3 is 0 Å². The first-order valence-electron chi connectivity index (χ1n) is 5.47. The van der Waals surface area contributed by atoms with Gasteiger partial charge in [-0.2, -0.15) is 0 Å². The summed E-state index contributed by atoms with van der Waals surface area (Å²) in [4.78, 5) is 24.8. The van der Waals surface area contributed by atoms with E-state index in [2.05, 4.69) is 5.32 Å². The van der Waals surface area contributed by atoms with E-state index in [1.807, 2.05) is 0 Å². The summed E-state index contributed by atoms with van der Waals surface area (Å²) >= 11 is 0. The number of morpholine rings is 1. The lowest BCUT2D eigenvalue weighted by Gasteiger charge is -2.27. The Labute approximate surface area is 94.4 Å². The van der Waals surface area contributed by atoms with Crippen molar-refractivity contribution < 1.29 is 14.3 Å². The van der Waals surface area contributed by atoms with E-state index in [4.69, 9.17) is 4.74 Å². The molecule has 0 radical (unpaired) electrons. The van der Waals surface area contributed by atoms with E-state index in [9.17, 15) is 9.59 Å². The third-order valence-corrected chi connectivity index (χ3v) is 3.09. The monoisotopic (exact) mass is 224 g/mol. The molecule has 5 nitrogen and oxygen atoms in total. The fourth-order valence-corrected chi connectivity index (χ4v) is 1.92. The zero-order valence-corrected chi connectivity index (χ0v) is 9.58. The van der Waals surface area contributed by atoms with Gasteiger partial charge in [0.2, 0.25) is 0 Å². The van der Waals surface area contributed by atoms with Crippen molar-refractivity contribution in [2.75, 3.05) is 26.2 Å². The standard InChI is InChI=1S/C11H16N2O3/c1-7-8(2)11(15)13(10(7)14)6-9-5-12-3-4-16-9/h9,12H,3-6H2,1-2H3. The molecule has 0 spiro atoms. The molecule has 1 atom stereocenters. The largest absolute Gasteiger partial charge is 0.374 e.